The topological polar surface area (TPSA) is 107 Å². The number of carboxylic acids is 1. The molecule has 0 saturated carbocycles. The summed E-state index contributed by atoms with van der Waals surface area (Å²) < 4.78 is 9.75. The smallest absolute Gasteiger partial charge is 0.332 e. The van der Waals surface area contributed by atoms with Gasteiger partial charge in [0.25, 0.3) is 0 Å². The van der Waals surface area contributed by atoms with Crippen molar-refractivity contribution in [3.05, 3.63) is 0 Å². The second-order valence-corrected chi connectivity index (χ2v) is 5.25. The minimum absolute atomic E-state index is 0.309. The second-order valence-electron chi connectivity index (χ2n) is 4.19. The van der Waals surface area contributed by atoms with E-state index in [4.69, 9.17) is 26.2 Å². The average Bonchev–Trinajstić information content (AvgIpc) is 3.14. The van der Waals surface area contributed by atoms with Crippen LogP contribution in [0.4, 0.5) is 0 Å². The fraction of sp³-hybridized carbons (Fsp3) is 0.667. The lowest BCUT2D eigenvalue weighted by Gasteiger charge is -1.98. The molecule has 2 aliphatic heterocycles. The van der Waals surface area contributed by atoms with E-state index in [0.717, 1.165) is 19.3 Å². The first kappa shape index (κ1) is 21.3. The lowest BCUT2D eigenvalue weighted by molar-refractivity contribution is -0.147. The number of hydrogen-bond acceptors (Lipinski definition) is 6. The minimum Gasteiger partial charge on any atom is -0.479 e. The Morgan fingerprint density at radius 2 is 1.23 bits per heavy atom. The van der Waals surface area contributed by atoms with Crippen molar-refractivity contribution in [3.63, 3.8) is 0 Å². The Balaban J connectivity index is 0.000000306. The van der Waals surface area contributed by atoms with Gasteiger partial charge >= 0.3 is 16.5 Å². The monoisotopic (exact) mass is 376 g/mol. The first-order valence-electron chi connectivity index (χ1n) is 6.30. The predicted molar refractivity (Wildman–Crippen MR) is 78.2 cm³/mol. The molecule has 2 rings (SSSR count). The molecule has 126 valence electrons. The molecule has 2 fully saturated rings. The van der Waals surface area contributed by atoms with Gasteiger partial charge in [-0.2, -0.15) is 0 Å². The lowest BCUT2D eigenvalue weighted by atomic mass is 10.2. The summed E-state index contributed by atoms with van der Waals surface area (Å²) in [5, 5.41) is 5.65. The molecule has 10 heteroatoms. The highest BCUT2D eigenvalue weighted by molar-refractivity contribution is 6.97. The Hall–Kier alpha value is -0.730. The Bertz CT molecular complexity index is 364. The van der Waals surface area contributed by atoms with Gasteiger partial charge in [-0.3, -0.25) is 14.4 Å². The predicted octanol–water partition coefficient (Wildman–Crippen LogP) is 1.70. The van der Waals surface area contributed by atoms with Gasteiger partial charge in [-0.25, -0.2) is 4.79 Å². The molecule has 0 spiro atoms. The van der Waals surface area contributed by atoms with Gasteiger partial charge in [0.15, 0.2) is 6.10 Å². The number of carboxylic acid groups (broad SMARTS) is 1. The van der Waals surface area contributed by atoms with Crippen LogP contribution < -0.4 is 0 Å². The number of ether oxygens (including phenoxy) is 2. The molecule has 0 aromatic carbocycles. The van der Waals surface area contributed by atoms with Crippen LogP contribution in [0.5, 0.6) is 0 Å². The van der Waals surface area contributed by atoms with Crippen molar-refractivity contribution in [3.8, 4) is 0 Å². The van der Waals surface area contributed by atoms with E-state index < -0.39 is 22.6 Å². The van der Waals surface area contributed by atoms with Gasteiger partial charge in [-0.05, 0) is 60.5 Å². The van der Waals surface area contributed by atoms with Gasteiger partial charge in [0.2, 0.25) is 5.24 Å². The summed E-state index contributed by atoms with van der Waals surface area (Å²) in [5.74, 6) is -0.831. The molecular weight excluding hydrogens is 362 g/mol. The van der Waals surface area contributed by atoms with Crippen molar-refractivity contribution >= 4 is 56.5 Å². The SMILES string of the molecule is O=C(Cl)C(=O)Cl.O=C(Cl)C1CCCO1.O=C(O)C1CCCO1. The molecule has 2 saturated heterocycles. The summed E-state index contributed by atoms with van der Waals surface area (Å²) in [4.78, 5) is 39.2. The van der Waals surface area contributed by atoms with Crippen LogP contribution in [0.3, 0.4) is 0 Å². The summed E-state index contributed by atoms with van der Waals surface area (Å²) in [6.45, 7) is 1.29. The maximum Gasteiger partial charge on any atom is 0.332 e. The van der Waals surface area contributed by atoms with E-state index in [-0.39, 0.29) is 11.3 Å². The van der Waals surface area contributed by atoms with Crippen LogP contribution in [0.2, 0.25) is 0 Å². The summed E-state index contributed by atoms with van der Waals surface area (Å²) in [5.41, 5.74) is 0. The quantitative estimate of drug-likeness (QED) is 0.589. The molecule has 0 aliphatic carbocycles. The fourth-order valence-electron chi connectivity index (χ4n) is 1.53. The molecule has 0 aromatic heterocycles. The molecule has 22 heavy (non-hydrogen) atoms. The van der Waals surface area contributed by atoms with Crippen molar-refractivity contribution in [2.75, 3.05) is 13.2 Å². The summed E-state index contributed by atoms with van der Waals surface area (Å²) in [6, 6.07) is 0. The molecule has 0 aromatic rings. The molecular formula is C12H15Cl3O7. The van der Waals surface area contributed by atoms with Crippen LogP contribution in [-0.4, -0.2) is 52.2 Å². The van der Waals surface area contributed by atoms with E-state index in [0.29, 0.717) is 19.6 Å². The standard InChI is InChI=1S/C5H7ClO2.C5H8O3.C2Cl2O2/c2*6-5(7)4-2-1-3-8-4;3-1(5)2(4)6/h4H,1-3H2;4H,1-3H2,(H,6,7);. The Labute approximate surface area is 141 Å². The Morgan fingerprint density at radius 1 is 0.818 bits per heavy atom. The van der Waals surface area contributed by atoms with E-state index >= 15 is 0 Å². The number of halogens is 3. The highest BCUT2D eigenvalue weighted by atomic mass is 35.5. The van der Waals surface area contributed by atoms with Gasteiger partial charge in [-0.15, -0.1) is 0 Å². The first-order valence-corrected chi connectivity index (χ1v) is 7.43. The van der Waals surface area contributed by atoms with Crippen molar-refractivity contribution in [1.29, 1.82) is 0 Å². The van der Waals surface area contributed by atoms with Crippen molar-refractivity contribution in [1.82, 2.24) is 0 Å². The number of rotatable bonds is 3. The molecule has 0 bridgehead atoms. The molecule has 0 radical (unpaired) electrons. The zero-order chi connectivity index (χ0) is 17.1. The third-order valence-corrected chi connectivity index (χ3v) is 3.23. The van der Waals surface area contributed by atoms with Crippen molar-refractivity contribution < 1.29 is 33.8 Å². The van der Waals surface area contributed by atoms with E-state index in [1.54, 1.807) is 0 Å². The molecule has 2 unspecified atom stereocenters. The van der Waals surface area contributed by atoms with Crippen LogP contribution in [0.15, 0.2) is 0 Å². The van der Waals surface area contributed by atoms with Crippen LogP contribution in [-0.2, 0) is 28.7 Å². The lowest BCUT2D eigenvalue weighted by Crippen LogP contribution is -2.17. The zero-order valence-corrected chi connectivity index (χ0v) is 13.7. The molecule has 1 N–H and O–H groups in total. The second kappa shape index (κ2) is 11.8. The highest BCUT2D eigenvalue weighted by Crippen LogP contribution is 2.13. The number of carbonyl (C=O) groups excluding carboxylic acids is 3. The minimum atomic E-state index is -1.14. The number of carbonyl (C=O) groups is 4. The van der Waals surface area contributed by atoms with Crippen molar-refractivity contribution in [2.45, 2.75) is 37.9 Å². The van der Waals surface area contributed by atoms with E-state index in [1.807, 2.05) is 0 Å². The van der Waals surface area contributed by atoms with Gasteiger partial charge in [-0.1, -0.05) is 0 Å². The van der Waals surface area contributed by atoms with Gasteiger partial charge in [0.1, 0.15) is 6.10 Å². The third kappa shape index (κ3) is 10.1. The number of hydrogen-bond donors (Lipinski definition) is 1. The van der Waals surface area contributed by atoms with Gasteiger partial charge in [0, 0.05) is 13.2 Å². The fourth-order valence-corrected chi connectivity index (χ4v) is 1.70. The summed E-state index contributed by atoms with van der Waals surface area (Å²) >= 11 is 14.1. The third-order valence-electron chi connectivity index (χ3n) is 2.54. The van der Waals surface area contributed by atoms with E-state index in [9.17, 15) is 19.2 Å². The summed E-state index contributed by atoms with van der Waals surface area (Å²) in [7, 11) is 0. The normalized spacial score (nSPS) is 22.7. The van der Waals surface area contributed by atoms with Crippen LogP contribution >= 0.6 is 34.8 Å². The molecule has 2 atom stereocenters. The Kier molecular flexibility index (Phi) is 11.4. The average molecular weight is 378 g/mol. The Morgan fingerprint density at radius 3 is 1.36 bits per heavy atom. The number of aliphatic carboxylic acids is 1. The van der Waals surface area contributed by atoms with Gasteiger partial charge in [0.05, 0.1) is 0 Å². The van der Waals surface area contributed by atoms with Gasteiger partial charge < -0.3 is 14.6 Å². The van der Waals surface area contributed by atoms with E-state index in [1.165, 1.54) is 0 Å². The zero-order valence-electron chi connectivity index (χ0n) is 11.4. The van der Waals surface area contributed by atoms with E-state index in [2.05, 4.69) is 23.2 Å². The maximum atomic E-state index is 10.3. The maximum absolute atomic E-state index is 10.3. The largest absolute Gasteiger partial charge is 0.479 e. The van der Waals surface area contributed by atoms with Crippen molar-refractivity contribution in [2.24, 2.45) is 0 Å². The molecule has 7 nitrogen and oxygen atoms in total. The molecule has 0 amide bonds. The summed E-state index contributed by atoms with van der Waals surface area (Å²) in [6.07, 6.45) is 2.49. The first-order chi connectivity index (χ1) is 10.3. The highest BCUT2D eigenvalue weighted by Gasteiger charge is 2.22. The van der Waals surface area contributed by atoms with Crippen LogP contribution in [0.1, 0.15) is 25.7 Å². The van der Waals surface area contributed by atoms with Crippen LogP contribution in [0, 0.1) is 0 Å². The van der Waals surface area contributed by atoms with Crippen LogP contribution in [0.25, 0.3) is 0 Å². The molecule has 2 aliphatic rings. The molecule has 2 heterocycles.